The molecule has 0 N–H and O–H groups in total. The van der Waals surface area contributed by atoms with Gasteiger partial charge in [0.2, 0.25) is 5.78 Å². The molecule has 1 aliphatic carbocycles. The van der Waals surface area contributed by atoms with E-state index in [4.69, 9.17) is 4.74 Å². The van der Waals surface area contributed by atoms with Gasteiger partial charge in [-0.25, -0.2) is 13.2 Å². The van der Waals surface area contributed by atoms with Crippen LogP contribution in [0.3, 0.4) is 0 Å². The number of benzene rings is 2. The normalized spacial score (nSPS) is 14.1. The van der Waals surface area contributed by atoms with Gasteiger partial charge >= 0.3 is 5.97 Å². The number of nitro benzene ring substituents is 1. The third-order valence-electron chi connectivity index (χ3n) is 4.83. The van der Waals surface area contributed by atoms with Crippen molar-refractivity contribution in [3.63, 3.8) is 0 Å². The van der Waals surface area contributed by atoms with Crippen molar-refractivity contribution in [2.24, 2.45) is 0 Å². The number of sulfone groups is 1. The summed E-state index contributed by atoms with van der Waals surface area (Å²) in [7, 11) is -3.85. The maximum atomic E-state index is 12.6. The Balaban J connectivity index is 1.80. The van der Waals surface area contributed by atoms with Crippen LogP contribution in [0.2, 0.25) is 0 Å². The number of carbonyl (C=O) groups is 2. The van der Waals surface area contributed by atoms with Crippen LogP contribution in [-0.4, -0.2) is 37.5 Å². The van der Waals surface area contributed by atoms with Crippen molar-refractivity contribution in [1.29, 1.82) is 0 Å². The Labute approximate surface area is 167 Å². The Morgan fingerprint density at radius 1 is 1.07 bits per heavy atom. The number of Topliss-reactive ketones (excluding diaryl/α,β-unsaturated/α-hetero) is 1. The number of nitro groups is 1. The molecule has 152 valence electrons. The van der Waals surface area contributed by atoms with Gasteiger partial charge < -0.3 is 4.74 Å². The number of ether oxygens (including phenoxy) is 1. The average molecular weight is 417 g/mol. The number of aryl methyl sites for hydroxylation is 2. The van der Waals surface area contributed by atoms with E-state index < -0.39 is 37.4 Å². The highest BCUT2D eigenvalue weighted by molar-refractivity contribution is 7.90. The standard InChI is InChI=1S/C20H19NO7S/c1-12(19(22)15-7-6-13-4-3-5-14(13)10-15)28-20(23)16-8-9-18(29(2,26)27)17(11-16)21(24)25/h6-12H,3-5H2,1-2H3/t12-/m1/s1. The number of fused-ring (bicyclic) bond motifs is 1. The molecule has 2 aromatic rings. The second-order valence-electron chi connectivity index (χ2n) is 6.96. The van der Waals surface area contributed by atoms with Crippen molar-refractivity contribution in [1.82, 2.24) is 0 Å². The first-order chi connectivity index (χ1) is 13.6. The lowest BCUT2D eigenvalue weighted by Gasteiger charge is -2.13. The molecule has 2 aromatic carbocycles. The molecule has 0 fully saturated rings. The number of esters is 1. The molecular weight excluding hydrogens is 398 g/mol. The van der Waals surface area contributed by atoms with Gasteiger partial charge in [0.25, 0.3) is 5.69 Å². The molecule has 9 heteroatoms. The van der Waals surface area contributed by atoms with Crippen LogP contribution in [0.5, 0.6) is 0 Å². The van der Waals surface area contributed by atoms with E-state index in [1.807, 2.05) is 6.07 Å². The molecule has 0 unspecified atom stereocenters. The van der Waals surface area contributed by atoms with Gasteiger partial charge in [-0.2, -0.15) is 0 Å². The Bertz CT molecular complexity index is 1120. The summed E-state index contributed by atoms with van der Waals surface area (Å²) in [6.45, 7) is 1.42. The first-order valence-electron chi connectivity index (χ1n) is 8.93. The zero-order valence-electron chi connectivity index (χ0n) is 15.9. The third kappa shape index (κ3) is 4.34. The van der Waals surface area contributed by atoms with Crippen molar-refractivity contribution < 1.29 is 27.7 Å². The zero-order chi connectivity index (χ0) is 21.3. The van der Waals surface area contributed by atoms with Crippen molar-refractivity contribution in [2.45, 2.75) is 37.2 Å². The van der Waals surface area contributed by atoms with Crippen LogP contribution < -0.4 is 0 Å². The van der Waals surface area contributed by atoms with Crippen molar-refractivity contribution in [2.75, 3.05) is 6.26 Å². The molecule has 0 radical (unpaired) electrons. The molecule has 0 spiro atoms. The van der Waals surface area contributed by atoms with Crippen LogP contribution in [0.15, 0.2) is 41.3 Å². The number of hydrogen-bond donors (Lipinski definition) is 0. The molecule has 0 saturated heterocycles. The molecule has 3 rings (SSSR count). The third-order valence-corrected chi connectivity index (χ3v) is 5.97. The van der Waals surface area contributed by atoms with Gasteiger partial charge in [0, 0.05) is 17.9 Å². The topological polar surface area (TPSA) is 121 Å². The predicted octanol–water partition coefficient (Wildman–Crippen LogP) is 2.92. The fourth-order valence-electron chi connectivity index (χ4n) is 3.34. The number of ketones is 1. The van der Waals surface area contributed by atoms with E-state index >= 15 is 0 Å². The maximum Gasteiger partial charge on any atom is 0.339 e. The summed E-state index contributed by atoms with van der Waals surface area (Å²) in [5.74, 6) is -1.33. The summed E-state index contributed by atoms with van der Waals surface area (Å²) in [5.41, 5.74) is 1.83. The summed E-state index contributed by atoms with van der Waals surface area (Å²) < 4.78 is 28.5. The Morgan fingerprint density at radius 3 is 2.38 bits per heavy atom. The second kappa shape index (κ2) is 7.75. The van der Waals surface area contributed by atoms with Gasteiger partial charge in [0.1, 0.15) is 4.90 Å². The van der Waals surface area contributed by atoms with E-state index in [0.717, 1.165) is 49.3 Å². The van der Waals surface area contributed by atoms with Crippen LogP contribution in [0.25, 0.3) is 0 Å². The van der Waals surface area contributed by atoms with E-state index in [0.29, 0.717) is 5.56 Å². The van der Waals surface area contributed by atoms with E-state index in [9.17, 15) is 28.1 Å². The number of nitrogens with zero attached hydrogens (tertiary/aromatic N) is 1. The lowest BCUT2D eigenvalue weighted by atomic mass is 10.0. The fraction of sp³-hybridized carbons (Fsp3) is 0.300. The molecule has 8 nitrogen and oxygen atoms in total. The number of rotatable bonds is 6. The van der Waals surface area contributed by atoms with Crippen LogP contribution >= 0.6 is 0 Å². The van der Waals surface area contributed by atoms with E-state index in [2.05, 4.69) is 0 Å². The minimum Gasteiger partial charge on any atom is -0.451 e. The minimum absolute atomic E-state index is 0.210. The molecular formula is C20H19NO7S. The Hall–Kier alpha value is -3.07. The molecule has 0 bridgehead atoms. The van der Waals surface area contributed by atoms with Crippen molar-refractivity contribution in [3.8, 4) is 0 Å². The summed E-state index contributed by atoms with van der Waals surface area (Å²) in [5, 5.41) is 11.2. The molecule has 1 aliphatic rings. The van der Waals surface area contributed by atoms with Gasteiger partial charge in [-0.15, -0.1) is 0 Å². The van der Waals surface area contributed by atoms with Crippen LogP contribution in [0.1, 0.15) is 45.2 Å². The van der Waals surface area contributed by atoms with Crippen molar-refractivity contribution in [3.05, 3.63) is 68.8 Å². The minimum atomic E-state index is -3.85. The predicted molar refractivity (Wildman–Crippen MR) is 104 cm³/mol. The molecule has 0 aromatic heterocycles. The first kappa shape index (κ1) is 20.7. The Morgan fingerprint density at radius 2 is 1.72 bits per heavy atom. The molecule has 0 heterocycles. The van der Waals surface area contributed by atoms with Gasteiger partial charge in [0.05, 0.1) is 10.5 Å². The van der Waals surface area contributed by atoms with Crippen LogP contribution in [-0.2, 0) is 27.4 Å². The number of carbonyl (C=O) groups excluding carboxylic acids is 2. The maximum absolute atomic E-state index is 12.6. The Kier molecular flexibility index (Phi) is 5.52. The second-order valence-corrected chi connectivity index (χ2v) is 8.94. The van der Waals surface area contributed by atoms with E-state index in [1.165, 1.54) is 12.5 Å². The monoisotopic (exact) mass is 417 g/mol. The highest BCUT2D eigenvalue weighted by Crippen LogP contribution is 2.26. The molecule has 29 heavy (non-hydrogen) atoms. The lowest BCUT2D eigenvalue weighted by molar-refractivity contribution is -0.387. The summed E-state index contributed by atoms with van der Waals surface area (Å²) in [6.07, 6.45) is 2.66. The lowest BCUT2D eigenvalue weighted by Crippen LogP contribution is -2.24. The van der Waals surface area contributed by atoms with E-state index in [-0.39, 0.29) is 11.3 Å². The van der Waals surface area contributed by atoms with Crippen LogP contribution in [0, 0.1) is 10.1 Å². The summed E-state index contributed by atoms with van der Waals surface area (Å²) >= 11 is 0. The molecule has 0 amide bonds. The molecule has 1 atom stereocenters. The molecule has 0 aliphatic heterocycles. The number of hydrogen-bond acceptors (Lipinski definition) is 7. The zero-order valence-corrected chi connectivity index (χ0v) is 16.7. The smallest absolute Gasteiger partial charge is 0.339 e. The fourth-order valence-corrected chi connectivity index (χ4v) is 4.17. The largest absolute Gasteiger partial charge is 0.451 e. The summed E-state index contributed by atoms with van der Waals surface area (Å²) in [6, 6.07) is 8.35. The van der Waals surface area contributed by atoms with E-state index in [1.54, 1.807) is 12.1 Å². The SMILES string of the molecule is C[C@@H](OC(=O)c1ccc(S(C)(=O)=O)c([N+](=O)[O-])c1)C(=O)c1ccc2c(c1)CCC2. The highest BCUT2D eigenvalue weighted by Gasteiger charge is 2.26. The highest BCUT2D eigenvalue weighted by atomic mass is 32.2. The van der Waals surface area contributed by atoms with Crippen molar-refractivity contribution >= 4 is 27.3 Å². The quantitative estimate of drug-likeness (QED) is 0.307. The first-order valence-corrected chi connectivity index (χ1v) is 10.8. The average Bonchev–Trinajstić information content (AvgIpc) is 3.13. The summed E-state index contributed by atoms with van der Waals surface area (Å²) in [4.78, 5) is 34.8. The van der Waals surface area contributed by atoms with Gasteiger partial charge in [-0.1, -0.05) is 12.1 Å². The molecule has 0 saturated carbocycles. The van der Waals surface area contributed by atoms with Gasteiger partial charge in [-0.05, 0) is 55.5 Å². The van der Waals surface area contributed by atoms with Crippen LogP contribution in [0.4, 0.5) is 5.69 Å². The van der Waals surface area contributed by atoms with Gasteiger partial charge in [-0.3, -0.25) is 14.9 Å². The van der Waals surface area contributed by atoms with Gasteiger partial charge in [0.15, 0.2) is 15.9 Å².